The first-order chi connectivity index (χ1) is 47.5. The minimum Gasteiger partial charge on any atom is -0.377 e. The van der Waals surface area contributed by atoms with Crippen LogP contribution in [-0.2, 0) is 74.9 Å². The van der Waals surface area contributed by atoms with Crippen molar-refractivity contribution >= 4 is 82.6 Å². The van der Waals surface area contributed by atoms with Crippen LogP contribution >= 0.6 is 11.8 Å². The Hall–Kier alpha value is -7.18. The van der Waals surface area contributed by atoms with Crippen molar-refractivity contribution in [3.05, 3.63) is 34.9 Å². The van der Waals surface area contributed by atoms with Gasteiger partial charge in [-0.25, -0.2) is 8.78 Å². The Morgan fingerprint density at radius 1 is 0.723 bits per heavy atom. The van der Waals surface area contributed by atoms with Gasteiger partial charge in [-0.3, -0.25) is 57.5 Å². The van der Waals surface area contributed by atoms with Crippen molar-refractivity contribution in [2.24, 2.45) is 23.7 Å². The average molecular weight is 1450 g/mol. The van der Waals surface area contributed by atoms with Crippen molar-refractivity contribution in [1.29, 1.82) is 0 Å². The maximum Gasteiger partial charge on any atom is 0.422 e. The highest BCUT2D eigenvalue weighted by Crippen LogP contribution is 2.45. The minimum atomic E-state index is -5.40. The quantitative estimate of drug-likeness (QED) is 0.264. The Kier molecular flexibility index (Phi) is 28.4. The summed E-state index contributed by atoms with van der Waals surface area (Å²) in [5.41, 5.74) is -4.12. The number of nitrogens with one attached hydrogen (secondary N) is 3. The van der Waals surface area contributed by atoms with E-state index in [1.165, 1.54) is 92.7 Å². The zero-order chi connectivity index (χ0) is 74.7. The smallest absolute Gasteiger partial charge is 0.377 e. The van der Waals surface area contributed by atoms with Crippen molar-refractivity contribution in [3.63, 3.8) is 0 Å². The number of carbonyl (C=O) groups is 12. The molecule has 31 heteroatoms. The van der Waals surface area contributed by atoms with Crippen LogP contribution in [0, 0.1) is 35.3 Å². The summed E-state index contributed by atoms with van der Waals surface area (Å²) in [7, 11) is 11.4. The molecule has 10 atom stereocenters. The molecule has 7 rings (SSSR count). The van der Waals surface area contributed by atoms with E-state index in [-0.39, 0.29) is 74.3 Å². The van der Waals surface area contributed by atoms with Gasteiger partial charge in [-0.15, -0.1) is 11.8 Å². The predicted molar refractivity (Wildman–Crippen MR) is 364 cm³/mol. The van der Waals surface area contributed by atoms with E-state index < -0.39 is 193 Å². The molecule has 6 aliphatic rings. The second-order valence-electron chi connectivity index (χ2n) is 29.1. The number of alkyl halides is 3. The number of fused-ring (bicyclic) bond motifs is 2. The molecule has 6 fully saturated rings. The fraction of sp³-hybridized carbons (Fsp3) is 0.743. The van der Waals surface area contributed by atoms with Crippen molar-refractivity contribution in [1.82, 2.24) is 60.0 Å². The van der Waals surface area contributed by atoms with E-state index in [9.17, 15) is 51.5 Å². The first-order valence-electron chi connectivity index (χ1n) is 35.5. The number of thioether (sulfide) groups is 1. The molecule has 1 spiro atoms. The molecule has 12 amide bonds. The molecule has 101 heavy (non-hydrogen) atoms. The number of ether oxygens (including phenoxy) is 1. The predicted octanol–water partition coefficient (Wildman–Crippen LogP) is 4.07. The molecule has 3 saturated carbocycles. The summed E-state index contributed by atoms with van der Waals surface area (Å²) >= 11 is 1.06. The Balaban J connectivity index is 1.28. The SMILES string of the molecule is CCOC1CC2C(=O)NC3(CCCC3CC3CCCCC3)C(=O)N(C)C(C3CCCC3)C(=O)N(C)C(C(=O)N(C)C)CSCC(=O)N(C)C(CC(C)C)C(=O)NCC(=O)N(C)C(C)C(=O)N3CCC3C(=O)N(C)CC(=O)N(C)CC(=O)NC(CCc3cc(F)c(C(F)(F)F)c(F)c3)C(=O)N2C1. The van der Waals surface area contributed by atoms with E-state index in [4.69, 9.17) is 4.74 Å². The number of amides is 12. The maximum atomic E-state index is 16.3. The van der Waals surface area contributed by atoms with E-state index in [2.05, 4.69) is 16.0 Å². The Morgan fingerprint density at radius 3 is 1.96 bits per heavy atom. The zero-order valence-electron chi connectivity index (χ0n) is 60.6. The van der Waals surface area contributed by atoms with E-state index in [0.717, 1.165) is 71.4 Å². The van der Waals surface area contributed by atoms with Gasteiger partial charge < -0.3 is 64.8 Å². The third kappa shape index (κ3) is 19.6. The third-order valence-corrected chi connectivity index (χ3v) is 22.5. The van der Waals surface area contributed by atoms with Crippen LogP contribution in [0.2, 0.25) is 0 Å². The molecule has 0 radical (unpaired) electrons. The summed E-state index contributed by atoms with van der Waals surface area (Å²) in [6.07, 6.45) is 2.04. The van der Waals surface area contributed by atoms with Crippen molar-refractivity contribution < 1.29 is 84.2 Å². The Labute approximate surface area is 593 Å². The van der Waals surface area contributed by atoms with Crippen LogP contribution in [0.1, 0.15) is 148 Å². The van der Waals surface area contributed by atoms with E-state index >= 15 is 28.0 Å². The lowest BCUT2D eigenvalue weighted by Crippen LogP contribution is -2.67. The Bertz CT molecular complexity index is 3190. The lowest BCUT2D eigenvalue weighted by Gasteiger charge is -2.44. The molecule has 1 aromatic rings. The monoisotopic (exact) mass is 1450 g/mol. The first-order valence-corrected chi connectivity index (χ1v) is 36.7. The summed E-state index contributed by atoms with van der Waals surface area (Å²) in [5, 5.41) is 8.43. The number of hydrogen-bond donors (Lipinski definition) is 3. The molecule has 3 N–H and O–H groups in total. The highest BCUT2D eigenvalue weighted by molar-refractivity contribution is 8.00. The van der Waals surface area contributed by atoms with Gasteiger partial charge in [-0.05, 0) is 113 Å². The number of aryl methyl sites for hydroxylation is 1. The largest absolute Gasteiger partial charge is 0.422 e. The second-order valence-corrected chi connectivity index (χ2v) is 30.2. The van der Waals surface area contributed by atoms with Gasteiger partial charge in [0.1, 0.15) is 65.0 Å². The van der Waals surface area contributed by atoms with E-state index in [1.807, 2.05) is 13.8 Å². The molecule has 3 heterocycles. The fourth-order valence-electron chi connectivity index (χ4n) is 15.4. The number of halogens is 5. The molecule has 3 aliphatic heterocycles. The first kappa shape index (κ1) is 81.1. The summed E-state index contributed by atoms with van der Waals surface area (Å²) in [4.78, 5) is 186. The molecule has 1 aromatic carbocycles. The standard InChI is InChI=1S/C70H105F5N12O13S/c1-13-100-47-34-53-62(93)78-69(28-19-24-46(69)31-43-20-15-14-16-21-43)68(99)85(12)60(45-22-17-18-23-45)67(98)84(11)54(65(96)79(5)6)39-101-40-58(91)83(10)52(30-41(2)3)61(92)76-35-56(89)82(9)42(4)63(94)86-29-27-51(86)66(97)81(8)38-57(90)80(7)37-55(88)77-50(64(95)87(53)36-47)26-25-44-32-48(71)59(49(72)33-44)70(73,74)75/h32-33,41-43,45-47,50-54,60H,13-31,34-40H2,1-12H3,(H,76,92)(H,77,88)(H,78,93). The lowest BCUT2D eigenvalue weighted by molar-refractivity contribution is -0.157. The molecular weight excluding hydrogens is 1340 g/mol. The highest BCUT2D eigenvalue weighted by Gasteiger charge is 2.56. The molecule has 10 unspecified atom stereocenters. The number of rotatable bonds is 11. The van der Waals surface area contributed by atoms with E-state index in [0.29, 0.717) is 44.2 Å². The maximum absolute atomic E-state index is 16.3. The van der Waals surface area contributed by atoms with Gasteiger partial charge in [-0.2, -0.15) is 13.2 Å². The fourth-order valence-corrected chi connectivity index (χ4v) is 16.5. The lowest BCUT2D eigenvalue weighted by atomic mass is 9.75. The summed E-state index contributed by atoms with van der Waals surface area (Å²) < 4.78 is 77.7. The van der Waals surface area contributed by atoms with Crippen LogP contribution in [0.25, 0.3) is 0 Å². The molecular formula is C70H105F5N12O13S. The molecule has 3 aliphatic carbocycles. The number of likely N-dealkylation sites (N-methyl/N-ethyl adjacent to an activating group) is 7. The van der Waals surface area contributed by atoms with Crippen LogP contribution in [-0.4, -0.2) is 276 Å². The van der Waals surface area contributed by atoms with Gasteiger partial charge in [0.05, 0.1) is 31.5 Å². The molecule has 25 nitrogen and oxygen atoms in total. The van der Waals surface area contributed by atoms with Gasteiger partial charge in [0.2, 0.25) is 70.9 Å². The van der Waals surface area contributed by atoms with Gasteiger partial charge >= 0.3 is 6.18 Å². The number of carbonyl (C=O) groups excluding carboxylic acids is 12. The minimum absolute atomic E-state index is 0.0913. The van der Waals surface area contributed by atoms with Crippen LogP contribution in [0.4, 0.5) is 22.0 Å². The van der Waals surface area contributed by atoms with Gasteiger partial charge in [0.25, 0.3) is 0 Å². The molecule has 3 saturated heterocycles. The van der Waals surface area contributed by atoms with E-state index in [1.54, 1.807) is 6.92 Å². The molecule has 0 bridgehead atoms. The van der Waals surface area contributed by atoms with Crippen LogP contribution in [0.5, 0.6) is 0 Å². The highest BCUT2D eigenvalue weighted by atomic mass is 32.2. The second kappa shape index (κ2) is 35.3. The normalized spacial score (nSPS) is 28.5. The van der Waals surface area contributed by atoms with Crippen molar-refractivity contribution in [3.8, 4) is 0 Å². The van der Waals surface area contributed by atoms with Gasteiger partial charge in [0, 0.05) is 88.3 Å². The van der Waals surface area contributed by atoms with Gasteiger partial charge in [0.15, 0.2) is 0 Å². The van der Waals surface area contributed by atoms with Gasteiger partial charge in [-0.1, -0.05) is 65.2 Å². The number of benzene rings is 1. The van der Waals surface area contributed by atoms with Crippen molar-refractivity contribution in [2.45, 2.75) is 203 Å². The summed E-state index contributed by atoms with van der Waals surface area (Å²) in [6, 6.07) is -7.77. The van der Waals surface area contributed by atoms with Crippen molar-refractivity contribution in [2.75, 3.05) is 107 Å². The molecule has 0 aromatic heterocycles. The van der Waals surface area contributed by atoms with Crippen LogP contribution < -0.4 is 16.0 Å². The zero-order valence-corrected chi connectivity index (χ0v) is 61.4. The third-order valence-electron chi connectivity index (χ3n) is 21.5. The average Bonchev–Trinajstić information content (AvgIpc) is 1.68. The summed E-state index contributed by atoms with van der Waals surface area (Å²) in [6.45, 7) is 4.92. The Morgan fingerprint density at radius 2 is 1.37 bits per heavy atom. The molecule has 564 valence electrons. The summed E-state index contributed by atoms with van der Waals surface area (Å²) in [5.74, 6) is -13.1. The number of nitrogens with zero attached hydrogens (tertiary/aromatic N) is 9. The number of hydrogen-bond acceptors (Lipinski definition) is 14. The topological polar surface area (TPSA) is 279 Å². The van der Waals surface area contributed by atoms with Crippen LogP contribution in [0.3, 0.4) is 0 Å². The van der Waals surface area contributed by atoms with Crippen LogP contribution in [0.15, 0.2) is 12.1 Å².